The number of likely N-dealkylation sites (tertiary alicyclic amines) is 1. The molecule has 0 aromatic heterocycles. The molecule has 2 atom stereocenters. The summed E-state index contributed by atoms with van der Waals surface area (Å²) in [5.74, 6) is -0.153. The number of amides is 1. The van der Waals surface area contributed by atoms with Gasteiger partial charge in [0.25, 0.3) is 0 Å². The summed E-state index contributed by atoms with van der Waals surface area (Å²) in [6.45, 7) is 4.93. The van der Waals surface area contributed by atoms with Gasteiger partial charge in [0, 0.05) is 31.4 Å². The van der Waals surface area contributed by atoms with E-state index in [4.69, 9.17) is 9.47 Å². The third-order valence-corrected chi connectivity index (χ3v) is 7.87. The predicted octanol–water partition coefficient (Wildman–Crippen LogP) is 4.54. The van der Waals surface area contributed by atoms with Crippen molar-refractivity contribution >= 4 is 22.4 Å². The Morgan fingerprint density at radius 2 is 1.76 bits per heavy atom. The number of benzene rings is 3. The number of hydrogen-bond acceptors (Lipinski definition) is 5. The number of halogens is 2. The first-order chi connectivity index (χ1) is 18.5. The monoisotopic (exact) mass is 521 g/mol. The Morgan fingerprint density at radius 3 is 2.63 bits per heavy atom. The summed E-state index contributed by atoms with van der Waals surface area (Å²) in [5, 5.41) is 5.14. The van der Waals surface area contributed by atoms with Gasteiger partial charge in [0.1, 0.15) is 19.0 Å². The second kappa shape index (κ2) is 10.8. The van der Waals surface area contributed by atoms with Gasteiger partial charge in [-0.15, -0.1) is 0 Å². The highest BCUT2D eigenvalue weighted by molar-refractivity contribution is 5.86. The van der Waals surface area contributed by atoms with Gasteiger partial charge in [-0.25, -0.2) is 8.78 Å². The molecule has 0 bridgehead atoms. The number of anilines is 1. The molecule has 6 rings (SSSR count). The number of fused-ring (bicyclic) bond motifs is 2. The maximum atomic E-state index is 14.7. The zero-order chi connectivity index (χ0) is 26.1. The number of nitrogens with zero attached hydrogens (tertiary/aromatic N) is 2. The topological polar surface area (TPSA) is 54.0 Å². The first-order valence-corrected chi connectivity index (χ1v) is 13.6. The van der Waals surface area contributed by atoms with Crippen LogP contribution in [0, 0.1) is 17.6 Å². The van der Waals surface area contributed by atoms with Crippen LogP contribution in [0.1, 0.15) is 24.8 Å². The van der Waals surface area contributed by atoms with Gasteiger partial charge in [-0.05, 0) is 91.5 Å². The SMILES string of the molecule is O=C(NC(Cc1cc(F)c2c(c1)OCCO2)CN1CCCC1)[C@@H]1CCN(c2ccc3cc(F)ccc3c2)C1. The van der Waals surface area contributed by atoms with E-state index in [0.717, 1.165) is 67.5 Å². The summed E-state index contributed by atoms with van der Waals surface area (Å²) in [6, 6.07) is 14.0. The van der Waals surface area contributed by atoms with Crippen LogP contribution < -0.4 is 19.7 Å². The summed E-state index contributed by atoms with van der Waals surface area (Å²) in [6.07, 6.45) is 3.61. The molecule has 1 amide bonds. The fourth-order valence-electron chi connectivity index (χ4n) is 5.93. The standard InChI is InChI=1S/C30H33F2N3O3/c31-24-5-3-22-17-26(6-4-21(22)16-24)35-10-7-23(18-35)30(36)33-25(19-34-8-1-2-9-34)13-20-14-27(32)29-28(15-20)37-11-12-38-29/h3-6,14-17,23,25H,1-2,7-13,18-19H2,(H,33,36)/t23-,25?/m1/s1. The molecule has 0 saturated carbocycles. The molecule has 3 heterocycles. The van der Waals surface area contributed by atoms with Gasteiger partial charge in [0.15, 0.2) is 17.3 Å². The molecule has 0 spiro atoms. The lowest BCUT2D eigenvalue weighted by Crippen LogP contribution is -2.47. The molecule has 0 radical (unpaired) electrons. The van der Waals surface area contributed by atoms with Gasteiger partial charge < -0.3 is 24.6 Å². The summed E-state index contributed by atoms with van der Waals surface area (Å²) in [4.78, 5) is 18.0. The van der Waals surface area contributed by atoms with Crippen molar-refractivity contribution < 1.29 is 23.0 Å². The average Bonchev–Trinajstić information content (AvgIpc) is 3.61. The van der Waals surface area contributed by atoms with Crippen LogP contribution in [0.25, 0.3) is 10.8 Å². The second-order valence-electron chi connectivity index (χ2n) is 10.6. The molecule has 3 aromatic carbocycles. The number of rotatable bonds is 7. The van der Waals surface area contributed by atoms with Gasteiger partial charge in [-0.3, -0.25) is 4.79 Å². The largest absolute Gasteiger partial charge is 0.486 e. The van der Waals surface area contributed by atoms with E-state index in [1.54, 1.807) is 6.07 Å². The van der Waals surface area contributed by atoms with Crippen LogP contribution >= 0.6 is 0 Å². The molecule has 8 heteroatoms. The second-order valence-corrected chi connectivity index (χ2v) is 10.6. The Balaban J connectivity index is 1.14. The van der Waals surface area contributed by atoms with E-state index >= 15 is 0 Å². The zero-order valence-electron chi connectivity index (χ0n) is 21.4. The Kier molecular flexibility index (Phi) is 7.06. The third-order valence-electron chi connectivity index (χ3n) is 7.87. The van der Waals surface area contributed by atoms with Gasteiger partial charge in [0.2, 0.25) is 5.91 Å². The van der Waals surface area contributed by atoms with Crippen molar-refractivity contribution in [1.29, 1.82) is 0 Å². The van der Waals surface area contributed by atoms with E-state index in [1.165, 1.54) is 18.2 Å². The fourth-order valence-corrected chi connectivity index (χ4v) is 5.93. The highest BCUT2D eigenvalue weighted by atomic mass is 19.1. The Hall–Kier alpha value is -3.39. The molecule has 1 unspecified atom stereocenters. The molecule has 2 fully saturated rings. The Labute approximate surface area is 221 Å². The fraction of sp³-hybridized carbons (Fsp3) is 0.433. The van der Waals surface area contributed by atoms with Gasteiger partial charge in [-0.2, -0.15) is 0 Å². The number of carbonyl (C=O) groups is 1. The summed E-state index contributed by atoms with van der Waals surface area (Å²) in [5.41, 5.74) is 1.83. The normalized spacial score (nSPS) is 20.2. The molecule has 3 aromatic rings. The number of nitrogens with one attached hydrogen (secondary N) is 1. The van der Waals surface area contributed by atoms with Crippen molar-refractivity contribution in [3.8, 4) is 11.5 Å². The first kappa shape index (κ1) is 24.9. The number of hydrogen-bond donors (Lipinski definition) is 1. The maximum Gasteiger partial charge on any atom is 0.225 e. The lowest BCUT2D eigenvalue weighted by molar-refractivity contribution is -0.125. The van der Waals surface area contributed by atoms with Crippen LogP contribution in [0.15, 0.2) is 48.5 Å². The highest BCUT2D eigenvalue weighted by Gasteiger charge is 2.31. The van der Waals surface area contributed by atoms with Crippen LogP contribution in [0.3, 0.4) is 0 Å². The molecular weight excluding hydrogens is 488 g/mol. The predicted molar refractivity (Wildman–Crippen MR) is 143 cm³/mol. The Bertz CT molecular complexity index is 1330. The van der Waals surface area contributed by atoms with Crippen LogP contribution in [-0.2, 0) is 11.2 Å². The van der Waals surface area contributed by atoms with E-state index in [9.17, 15) is 13.6 Å². The molecule has 2 saturated heterocycles. The van der Waals surface area contributed by atoms with Crippen LogP contribution in [0.4, 0.5) is 14.5 Å². The van der Waals surface area contributed by atoms with E-state index in [0.29, 0.717) is 31.9 Å². The number of carbonyl (C=O) groups excluding carboxylic acids is 1. The lowest BCUT2D eigenvalue weighted by Gasteiger charge is -2.27. The van der Waals surface area contributed by atoms with Crippen LogP contribution in [0.2, 0.25) is 0 Å². The molecule has 6 nitrogen and oxygen atoms in total. The molecular formula is C30H33F2N3O3. The van der Waals surface area contributed by atoms with Crippen LogP contribution in [-0.4, -0.2) is 62.8 Å². The molecule has 1 N–H and O–H groups in total. The van der Waals surface area contributed by atoms with Crippen LogP contribution in [0.5, 0.6) is 11.5 Å². The quantitative estimate of drug-likeness (QED) is 0.495. The van der Waals surface area contributed by atoms with Crippen molar-refractivity contribution in [3.63, 3.8) is 0 Å². The van der Waals surface area contributed by atoms with Crippen molar-refractivity contribution in [2.75, 3.05) is 50.8 Å². The Morgan fingerprint density at radius 1 is 0.974 bits per heavy atom. The minimum absolute atomic E-state index is 0.0394. The van der Waals surface area contributed by atoms with E-state index in [1.807, 2.05) is 18.2 Å². The minimum Gasteiger partial charge on any atom is -0.486 e. The minimum atomic E-state index is -0.423. The summed E-state index contributed by atoms with van der Waals surface area (Å²) >= 11 is 0. The third kappa shape index (κ3) is 5.41. The van der Waals surface area contributed by atoms with Crippen molar-refractivity contribution in [2.45, 2.75) is 31.7 Å². The average molecular weight is 522 g/mol. The smallest absolute Gasteiger partial charge is 0.225 e. The van der Waals surface area contributed by atoms with Gasteiger partial charge in [-0.1, -0.05) is 12.1 Å². The molecule has 3 aliphatic heterocycles. The molecule has 200 valence electrons. The van der Waals surface area contributed by atoms with E-state index < -0.39 is 5.82 Å². The lowest BCUT2D eigenvalue weighted by atomic mass is 10.0. The number of ether oxygens (including phenoxy) is 2. The first-order valence-electron chi connectivity index (χ1n) is 13.6. The van der Waals surface area contributed by atoms with Gasteiger partial charge >= 0.3 is 0 Å². The van der Waals surface area contributed by atoms with Crippen molar-refractivity contribution in [1.82, 2.24) is 10.2 Å². The summed E-state index contributed by atoms with van der Waals surface area (Å²) in [7, 11) is 0. The molecule has 3 aliphatic rings. The van der Waals surface area contributed by atoms with Crippen molar-refractivity contribution in [2.24, 2.45) is 5.92 Å². The van der Waals surface area contributed by atoms with Gasteiger partial charge in [0.05, 0.1) is 5.92 Å². The van der Waals surface area contributed by atoms with E-state index in [-0.39, 0.29) is 29.4 Å². The highest BCUT2D eigenvalue weighted by Crippen LogP contribution is 2.34. The zero-order valence-corrected chi connectivity index (χ0v) is 21.4. The maximum absolute atomic E-state index is 14.7. The van der Waals surface area contributed by atoms with Crippen molar-refractivity contribution in [3.05, 3.63) is 65.7 Å². The summed E-state index contributed by atoms with van der Waals surface area (Å²) < 4.78 is 39.3. The van der Waals surface area contributed by atoms with E-state index in [2.05, 4.69) is 21.2 Å². The molecule has 38 heavy (non-hydrogen) atoms. The molecule has 0 aliphatic carbocycles.